The van der Waals surface area contributed by atoms with Crippen LogP contribution in [-0.2, 0) is 11.8 Å². The Morgan fingerprint density at radius 2 is 2.04 bits per heavy atom. The van der Waals surface area contributed by atoms with Gasteiger partial charge in [0.2, 0.25) is 0 Å². The topological polar surface area (TPSA) is 50.6 Å². The first-order chi connectivity index (χ1) is 11.1. The molecule has 0 aromatic carbocycles. The number of rotatable bonds is 2. The maximum absolute atomic E-state index is 12.6. The van der Waals surface area contributed by atoms with Gasteiger partial charge in [0, 0.05) is 13.1 Å². The Labute approximate surface area is 137 Å². The van der Waals surface area contributed by atoms with E-state index >= 15 is 0 Å². The number of carbonyl (C=O) groups is 1. The van der Waals surface area contributed by atoms with E-state index in [2.05, 4.69) is 10.00 Å². The number of ether oxygens (including phenoxy) is 1. The summed E-state index contributed by atoms with van der Waals surface area (Å²) >= 11 is 0. The number of nitrogens with zero attached hydrogens (tertiary/aromatic N) is 4. The molecular weight excluding hydrogens is 292 g/mol. The van der Waals surface area contributed by atoms with Crippen LogP contribution >= 0.6 is 0 Å². The first kappa shape index (κ1) is 15.1. The molecule has 3 aliphatic rings. The number of aromatic nitrogens is 2. The highest BCUT2D eigenvalue weighted by Crippen LogP contribution is 2.38. The highest BCUT2D eigenvalue weighted by molar-refractivity contribution is 5.93. The van der Waals surface area contributed by atoms with Crippen molar-refractivity contribution in [2.75, 3.05) is 32.8 Å². The van der Waals surface area contributed by atoms with E-state index in [1.54, 1.807) is 4.68 Å². The predicted molar refractivity (Wildman–Crippen MR) is 86.4 cm³/mol. The number of likely N-dealkylation sites (tertiary alicyclic amines) is 2. The highest BCUT2D eigenvalue weighted by Gasteiger charge is 2.52. The lowest BCUT2D eigenvalue weighted by atomic mass is 9.88. The largest absolute Gasteiger partial charge is 0.370 e. The molecule has 0 N–H and O–H groups in total. The molecule has 126 valence electrons. The van der Waals surface area contributed by atoms with Gasteiger partial charge in [-0.1, -0.05) is 6.42 Å². The summed E-state index contributed by atoms with van der Waals surface area (Å²) in [6.45, 7) is 6.60. The number of piperidine rings is 1. The van der Waals surface area contributed by atoms with Gasteiger partial charge in [-0.25, -0.2) is 0 Å². The van der Waals surface area contributed by atoms with E-state index in [9.17, 15) is 4.79 Å². The van der Waals surface area contributed by atoms with Crippen LogP contribution in [0.3, 0.4) is 0 Å². The van der Waals surface area contributed by atoms with Crippen LogP contribution in [0.5, 0.6) is 0 Å². The maximum Gasteiger partial charge on any atom is 0.272 e. The van der Waals surface area contributed by atoms with Crippen LogP contribution in [0.1, 0.15) is 41.9 Å². The Morgan fingerprint density at radius 3 is 2.70 bits per heavy atom. The second-order valence-electron chi connectivity index (χ2n) is 7.40. The van der Waals surface area contributed by atoms with Crippen LogP contribution < -0.4 is 0 Å². The molecule has 4 rings (SSSR count). The Bertz CT molecular complexity index is 600. The molecular formula is C17H26N4O2. The first-order valence-corrected chi connectivity index (χ1v) is 8.74. The zero-order valence-electron chi connectivity index (χ0n) is 14.1. The molecule has 1 aromatic rings. The minimum Gasteiger partial charge on any atom is -0.370 e. The van der Waals surface area contributed by atoms with E-state index in [0.29, 0.717) is 11.7 Å². The molecule has 1 spiro atoms. The van der Waals surface area contributed by atoms with Gasteiger partial charge in [0.15, 0.2) is 0 Å². The summed E-state index contributed by atoms with van der Waals surface area (Å²) in [6.07, 6.45) is 5.06. The molecule has 1 aromatic heterocycles. The summed E-state index contributed by atoms with van der Waals surface area (Å²) in [6, 6.07) is 2.41. The molecule has 1 amide bonds. The van der Waals surface area contributed by atoms with E-state index < -0.39 is 0 Å². The van der Waals surface area contributed by atoms with Crippen LogP contribution in [0.4, 0.5) is 0 Å². The van der Waals surface area contributed by atoms with Crippen LogP contribution in [0.15, 0.2) is 6.07 Å². The SMILES string of the molecule is Cc1cc(C(=O)N2CC3(CC(N4CCCCC4)CO3)C2)n(C)n1. The molecule has 3 saturated heterocycles. The van der Waals surface area contributed by atoms with Crippen molar-refractivity contribution in [2.45, 2.75) is 44.2 Å². The Morgan fingerprint density at radius 1 is 1.30 bits per heavy atom. The monoisotopic (exact) mass is 318 g/mol. The van der Waals surface area contributed by atoms with E-state index in [4.69, 9.17) is 4.74 Å². The molecule has 6 heteroatoms. The number of hydrogen-bond donors (Lipinski definition) is 0. The molecule has 4 heterocycles. The molecule has 3 fully saturated rings. The predicted octanol–water partition coefficient (Wildman–Crippen LogP) is 1.20. The lowest BCUT2D eigenvalue weighted by Crippen LogP contribution is -2.63. The van der Waals surface area contributed by atoms with Crippen molar-refractivity contribution in [3.63, 3.8) is 0 Å². The van der Waals surface area contributed by atoms with Gasteiger partial charge in [0.05, 0.1) is 25.4 Å². The number of hydrogen-bond acceptors (Lipinski definition) is 4. The Kier molecular flexibility index (Phi) is 3.69. The first-order valence-electron chi connectivity index (χ1n) is 8.74. The van der Waals surface area contributed by atoms with Gasteiger partial charge in [0.25, 0.3) is 5.91 Å². The molecule has 1 unspecified atom stereocenters. The summed E-state index contributed by atoms with van der Waals surface area (Å²) in [4.78, 5) is 17.1. The third-order valence-corrected chi connectivity index (χ3v) is 5.56. The fourth-order valence-corrected chi connectivity index (χ4v) is 4.32. The van der Waals surface area contributed by atoms with Crippen molar-refractivity contribution >= 4 is 5.91 Å². The fourth-order valence-electron chi connectivity index (χ4n) is 4.32. The normalized spacial score (nSPS) is 27.4. The zero-order valence-corrected chi connectivity index (χ0v) is 14.1. The van der Waals surface area contributed by atoms with Gasteiger partial charge < -0.3 is 9.64 Å². The van der Waals surface area contributed by atoms with E-state index in [1.165, 1.54) is 32.4 Å². The van der Waals surface area contributed by atoms with Gasteiger partial charge >= 0.3 is 0 Å². The lowest BCUT2D eigenvalue weighted by molar-refractivity contribution is -0.0953. The molecule has 6 nitrogen and oxygen atoms in total. The van der Waals surface area contributed by atoms with Gasteiger partial charge in [-0.15, -0.1) is 0 Å². The standard InChI is InChI=1S/C17H26N4O2/c1-13-8-15(19(2)18-13)16(22)21-11-17(12-21)9-14(10-23-17)20-6-4-3-5-7-20/h8,14H,3-7,9-12H2,1-2H3. The third kappa shape index (κ3) is 2.68. The third-order valence-electron chi connectivity index (χ3n) is 5.56. The van der Waals surface area contributed by atoms with Crippen molar-refractivity contribution < 1.29 is 9.53 Å². The average molecular weight is 318 g/mol. The Balaban J connectivity index is 1.36. The van der Waals surface area contributed by atoms with Crippen LogP contribution in [-0.4, -0.2) is 69.9 Å². The molecule has 3 aliphatic heterocycles. The van der Waals surface area contributed by atoms with Crippen LogP contribution in [0, 0.1) is 6.92 Å². The quantitative estimate of drug-likeness (QED) is 0.822. The summed E-state index contributed by atoms with van der Waals surface area (Å²) in [5, 5.41) is 4.27. The summed E-state index contributed by atoms with van der Waals surface area (Å²) in [5.41, 5.74) is 1.46. The van der Waals surface area contributed by atoms with Gasteiger partial charge in [-0.2, -0.15) is 5.10 Å². The zero-order chi connectivity index (χ0) is 16.0. The van der Waals surface area contributed by atoms with Crippen molar-refractivity contribution in [3.8, 4) is 0 Å². The van der Waals surface area contributed by atoms with E-state index in [0.717, 1.165) is 31.8 Å². The second kappa shape index (κ2) is 5.60. The van der Waals surface area contributed by atoms with Gasteiger partial charge in [0.1, 0.15) is 11.3 Å². The average Bonchev–Trinajstić information content (AvgIpc) is 3.10. The van der Waals surface area contributed by atoms with Gasteiger partial charge in [-0.05, 0) is 45.3 Å². The van der Waals surface area contributed by atoms with E-state index in [-0.39, 0.29) is 11.5 Å². The van der Waals surface area contributed by atoms with Crippen molar-refractivity contribution in [3.05, 3.63) is 17.5 Å². The maximum atomic E-state index is 12.6. The Hall–Kier alpha value is -1.40. The van der Waals surface area contributed by atoms with Crippen LogP contribution in [0.25, 0.3) is 0 Å². The van der Waals surface area contributed by atoms with Gasteiger partial charge in [-0.3, -0.25) is 14.4 Å². The summed E-state index contributed by atoms with van der Waals surface area (Å²) in [5.74, 6) is 0.0729. The number of amides is 1. The van der Waals surface area contributed by atoms with Crippen molar-refractivity contribution in [2.24, 2.45) is 7.05 Å². The smallest absolute Gasteiger partial charge is 0.272 e. The molecule has 0 bridgehead atoms. The molecule has 0 radical (unpaired) electrons. The summed E-state index contributed by atoms with van der Waals surface area (Å²) in [7, 11) is 1.83. The lowest BCUT2D eigenvalue weighted by Gasteiger charge is -2.47. The molecule has 23 heavy (non-hydrogen) atoms. The minimum atomic E-state index is -0.0919. The van der Waals surface area contributed by atoms with Crippen LogP contribution in [0.2, 0.25) is 0 Å². The summed E-state index contributed by atoms with van der Waals surface area (Å²) < 4.78 is 7.81. The number of carbonyl (C=O) groups excluding carboxylic acids is 1. The van der Waals surface area contributed by atoms with E-state index in [1.807, 2.05) is 24.9 Å². The molecule has 0 saturated carbocycles. The minimum absolute atomic E-state index is 0.0729. The fraction of sp³-hybridized carbons (Fsp3) is 0.765. The second-order valence-corrected chi connectivity index (χ2v) is 7.40. The molecule has 1 atom stereocenters. The van der Waals surface area contributed by atoms with Crippen molar-refractivity contribution in [1.82, 2.24) is 19.6 Å². The number of aryl methyl sites for hydroxylation is 2. The molecule has 0 aliphatic carbocycles. The highest BCUT2D eigenvalue weighted by atomic mass is 16.5. The van der Waals surface area contributed by atoms with Crippen molar-refractivity contribution in [1.29, 1.82) is 0 Å².